The molecule has 0 saturated carbocycles. The van der Waals surface area contributed by atoms with Gasteiger partial charge in [-0.15, -0.1) is 5.10 Å². The van der Waals surface area contributed by atoms with Crippen molar-refractivity contribution in [1.82, 2.24) is 20.0 Å². The van der Waals surface area contributed by atoms with Gasteiger partial charge in [-0.25, -0.2) is 4.68 Å². The summed E-state index contributed by atoms with van der Waals surface area (Å²) in [5.41, 5.74) is 0.438. The normalized spacial score (nSPS) is 11.5. The first-order valence-corrected chi connectivity index (χ1v) is 8.83. The average molecular weight is 394 g/mol. The zero-order chi connectivity index (χ0) is 20.2. The quantitative estimate of drug-likeness (QED) is 0.723. The van der Waals surface area contributed by atoms with Gasteiger partial charge in [0, 0.05) is 11.1 Å². The van der Waals surface area contributed by atoms with Crippen LogP contribution in [0.2, 0.25) is 0 Å². The second kappa shape index (κ2) is 8.53. The molecule has 1 aromatic carbocycles. The van der Waals surface area contributed by atoms with Crippen molar-refractivity contribution >= 4 is 18.1 Å². The van der Waals surface area contributed by atoms with Crippen molar-refractivity contribution in [1.29, 1.82) is 0 Å². The molecule has 0 saturated heterocycles. The van der Waals surface area contributed by atoms with Crippen LogP contribution in [0.5, 0.6) is 11.5 Å². The molecule has 2 rings (SSSR count). The molecule has 0 atom stereocenters. The van der Waals surface area contributed by atoms with Crippen molar-refractivity contribution in [3.05, 3.63) is 23.0 Å². The van der Waals surface area contributed by atoms with E-state index in [9.17, 15) is 4.79 Å². The van der Waals surface area contributed by atoms with Gasteiger partial charge in [0.1, 0.15) is 0 Å². The van der Waals surface area contributed by atoms with Gasteiger partial charge in [-0.3, -0.25) is 9.69 Å². The highest BCUT2D eigenvalue weighted by atomic mass is 32.1. The molecule has 1 amide bonds. The molecule has 148 valence electrons. The summed E-state index contributed by atoms with van der Waals surface area (Å²) >= 11 is 5.25. The Labute approximate surface area is 164 Å². The van der Waals surface area contributed by atoms with E-state index >= 15 is 0 Å². The Morgan fingerprint density at radius 3 is 2.56 bits per heavy atom. The van der Waals surface area contributed by atoms with Crippen LogP contribution in [0.15, 0.2) is 22.6 Å². The fraction of sp³-hybridized carbons (Fsp3) is 0.500. The average Bonchev–Trinajstić information content (AvgIpc) is 2.92. The summed E-state index contributed by atoms with van der Waals surface area (Å²) < 4.78 is 17.7. The number of aromatic nitrogens is 2. The first kappa shape index (κ1) is 20.9. The van der Waals surface area contributed by atoms with E-state index in [0.717, 1.165) is 0 Å². The predicted molar refractivity (Wildman–Crippen MR) is 104 cm³/mol. The van der Waals surface area contributed by atoms with Crippen LogP contribution in [0.3, 0.4) is 0 Å². The van der Waals surface area contributed by atoms with E-state index in [-0.39, 0.29) is 22.8 Å². The number of carbonyl (C=O) groups is 1. The lowest BCUT2D eigenvalue weighted by Gasteiger charge is -2.23. The maximum absolute atomic E-state index is 12.0. The van der Waals surface area contributed by atoms with Crippen LogP contribution in [-0.2, 0) is 11.5 Å². The molecule has 0 aliphatic heterocycles. The maximum Gasteiger partial charge on any atom is 0.288 e. The Morgan fingerprint density at radius 2 is 1.96 bits per heavy atom. The van der Waals surface area contributed by atoms with Gasteiger partial charge < -0.3 is 19.2 Å². The van der Waals surface area contributed by atoms with Gasteiger partial charge >= 0.3 is 0 Å². The molecule has 0 spiro atoms. The molecule has 2 aromatic rings. The Morgan fingerprint density at radius 1 is 1.30 bits per heavy atom. The van der Waals surface area contributed by atoms with Crippen LogP contribution in [0.25, 0.3) is 11.5 Å². The van der Waals surface area contributed by atoms with Crippen molar-refractivity contribution in [2.75, 3.05) is 27.8 Å². The van der Waals surface area contributed by atoms with Crippen molar-refractivity contribution in [3.8, 4) is 23.0 Å². The Balaban J connectivity index is 2.12. The van der Waals surface area contributed by atoms with E-state index in [1.807, 2.05) is 33.9 Å². The molecular weight excluding hydrogens is 368 g/mol. The summed E-state index contributed by atoms with van der Waals surface area (Å²) in [6.45, 7) is 6.36. The molecule has 9 heteroatoms. The van der Waals surface area contributed by atoms with Crippen LogP contribution in [0.4, 0.5) is 0 Å². The fourth-order valence-corrected chi connectivity index (χ4v) is 2.64. The minimum Gasteiger partial charge on any atom is -0.493 e. The number of hydrogen-bond donors (Lipinski definition) is 1. The number of ether oxygens (including phenoxy) is 2. The zero-order valence-electron chi connectivity index (χ0n) is 16.5. The van der Waals surface area contributed by atoms with Gasteiger partial charge in [0.05, 0.1) is 27.4 Å². The number of nitrogens with one attached hydrogen (secondary N) is 1. The number of carbonyl (C=O) groups excluding carboxylic acids is 1. The smallest absolute Gasteiger partial charge is 0.288 e. The second-order valence-electron chi connectivity index (χ2n) is 7.20. The van der Waals surface area contributed by atoms with Gasteiger partial charge in [0.25, 0.3) is 4.84 Å². The third kappa shape index (κ3) is 5.80. The summed E-state index contributed by atoms with van der Waals surface area (Å²) in [4.78, 5) is 14.1. The lowest BCUT2D eigenvalue weighted by atomic mass is 10.1. The van der Waals surface area contributed by atoms with Crippen molar-refractivity contribution in [2.45, 2.75) is 33.0 Å². The highest BCUT2D eigenvalue weighted by molar-refractivity contribution is 7.71. The number of benzene rings is 1. The Hall–Kier alpha value is -2.39. The molecule has 0 fully saturated rings. The van der Waals surface area contributed by atoms with E-state index in [0.29, 0.717) is 29.6 Å². The van der Waals surface area contributed by atoms with Gasteiger partial charge in [-0.05, 0) is 58.2 Å². The Bertz CT molecular complexity index is 854. The molecule has 1 aromatic heterocycles. The van der Waals surface area contributed by atoms with Crippen LogP contribution >= 0.6 is 12.2 Å². The fourth-order valence-electron chi connectivity index (χ4n) is 2.46. The molecule has 27 heavy (non-hydrogen) atoms. The largest absolute Gasteiger partial charge is 0.493 e. The lowest BCUT2D eigenvalue weighted by Crippen LogP contribution is -2.45. The number of hydrogen-bond acceptors (Lipinski definition) is 7. The summed E-state index contributed by atoms with van der Waals surface area (Å²) in [6.07, 6.45) is 0. The first-order valence-electron chi connectivity index (χ1n) is 8.43. The van der Waals surface area contributed by atoms with E-state index in [1.54, 1.807) is 31.3 Å². The van der Waals surface area contributed by atoms with Crippen LogP contribution in [0, 0.1) is 4.84 Å². The molecule has 0 aliphatic carbocycles. The molecule has 0 radical (unpaired) electrons. The number of methoxy groups -OCH3 is 2. The maximum atomic E-state index is 12.0. The van der Waals surface area contributed by atoms with E-state index in [2.05, 4.69) is 10.4 Å². The van der Waals surface area contributed by atoms with Crippen LogP contribution in [0.1, 0.15) is 20.8 Å². The summed E-state index contributed by atoms with van der Waals surface area (Å²) in [7, 11) is 4.95. The number of nitrogens with zero attached hydrogens (tertiary/aromatic N) is 3. The summed E-state index contributed by atoms with van der Waals surface area (Å²) in [5, 5.41) is 7.33. The zero-order valence-corrected chi connectivity index (χ0v) is 17.3. The van der Waals surface area contributed by atoms with Gasteiger partial charge in [0.15, 0.2) is 11.5 Å². The predicted octanol–water partition coefficient (Wildman–Crippen LogP) is 2.69. The number of likely N-dealkylation sites (N-methyl/N-ethyl adjacent to an activating group) is 1. The van der Waals surface area contributed by atoms with Crippen molar-refractivity contribution in [2.24, 2.45) is 0 Å². The standard InChI is InChI=1S/C18H26N4O4S/c1-18(2,3)19-15(23)10-21(4)11-22-17(27)26-16(20-22)12-7-8-13(24-5)14(9-12)25-6/h7-9H,10-11H2,1-6H3,(H,19,23). The Kier molecular flexibility index (Phi) is 6.61. The van der Waals surface area contributed by atoms with Crippen molar-refractivity contribution in [3.63, 3.8) is 0 Å². The van der Waals surface area contributed by atoms with Gasteiger partial charge in [-0.2, -0.15) is 0 Å². The second-order valence-corrected chi connectivity index (χ2v) is 7.55. The number of rotatable bonds is 7. The third-order valence-electron chi connectivity index (χ3n) is 3.54. The molecule has 0 aliphatic rings. The lowest BCUT2D eigenvalue weighted by molar-refractivity contribution is -0.123. The minimum absolute atomic E-state index is 0.0693. The van der Waals surface area contributed by atoms with E-state index in [4.69, 9.17) is 26.1 Å². The molecule has 8 nitrogen and oxygen atoms in total. The van der Waals surface area contributed by atoms with Crippen LogP contribution < -0.4 is 14.8 Å². The minimum atomic E-state index is -0.275. The van der Waals surface area contributed by atoms with Crippen molar-refractivity contribution < 1.29 is 18.7 Å². The molecule has 1 N–H and O–H groups in total. The molecule has 0 unspecified atom stereocenters. The van der Waals surface area contributed by atoms with E-state index in [1.165, 1.54) is 4.68 Å². The SMILES string of the molecule is COc1ccc(-c2nn(CN(C)CC(=O)NC(C)(C)C)c(=S)o2)cc1OC. The molecule has 1 heterocycles. The van der Waals surface area contributed by atoms with Gasteiger partial charge in [-0.1, -0.05) is 0 Å². The first-order chi connectivity index (χ1) is 12.6. The summed E-state index contributed by atoms with van der Waals surface area (Å²) in [5.74, 6) is 1.49. The number of amides is 1. The van der Waals surface area contributed by atoms with Gasteiger partial charge in [0.2, 0.25) is 11.8 Å². The highest BCUT2D eigenvalue weighted by Gasteiger charge is 2.17. The highest BCUT2D eigenvalue weighted by Crippen LogP contribution is 2.31. The van der Waals surface area contributed by atoms with Crippen LogP contribution in [-0.4, -0.2) is 53.9 Å². The van der Waals surface area contributed by atoms with E-state index < -0.39 is 0 Å². The topological polar surface area (TPSA) is 81.8 Å². The molecule has 0 bridgehead atoms. The third-order valence-corrected chi connectivity index (χ3v) is 3.83. The monoisotopic (exact) mass is 394 g/mol. The summed E-state index contributed by atoms with van der Waals surface area (Å²) in [6, 6.07) is 5.35. The molecular formula is C18H26N4O4S.